The van der Waals surface area contributed by atoms with E-state index in [9.17, 15) is 101 Å². The van der Waals surface area contributed by atoms with Crippen LogP contribution in [0.4, 0.5) is 0 Å². The van der Waals surface area contributed by atoms with Crippen LogP contribution in [0, 0.1) is 0 Å². The Kier molecular flexibility index (Phi) is 23.5. The van der Waals surface area contributed by atoms with Crippen LogP contribution in [-0.2, 0) is 61.8 Å². The van der Waals surface area contributed by atoms with Crippen LogP contribution in [-0.4, -0.2) is 322 Å². The fourth-order valence-electron chi connectivity index (χ4n) is 9.16. The highest BCUT2D eigenvalue weighted by atomic mass is 16.8. The first-order valence-electron chi connectivity index (χ1n) is 23.9. The molecule has 33 heteroatoms. The third-order valence-corrected chi connectivity index (χ3v) is 13.2. The number of carbonyl (C=O) groups excluding carboxylic acids is 3. The van der Waals surface area contributed by atoms with Gasteiger partial charge >= 0.3 is 0 Å². The van der Waals surface area contributed by atoms with Crippen LogP contribution < -0.4 is 16.0 Å². The molecule has 0 saturated carbocycles. The summed E-state index contributed by atoms with van der Waals surface area (Å²) in [5.74, 6) is -2.50. The van der Waals surface area contributed by atoms with Gasteiger partial charge in [0.15, 0.2) is 31.5 Å². The predicted octanol–water partition coefficient (Wildman–Crippen LogP) is -13.0. The van der Waals surface area contributed by atoms with Crippen LogP contribution in [0.15, 0.2) is 0 Å². The zero-order valence-corrected chi connectivity index (χ0v) is 40.9. The van der Waals surface area contributed by atoms with Gasteiger partial charge in [-0.2, -0.15) is 0 Å². The lowest BCUT2D eigenvalue weighted by Crippen LogP contribution is -2.69. The summed E-state index contributed by atoms with van der Waals surface area (Å²) in [6.07, 6.45) is -48.1. The zero-order chi connectivity index (χ0) is 55.9. The van der Waals surface area contributed by atoms with Crippen LogP contribution >= 0.6 is 0 Å². The van der Waals surface area contributed by atoms with Crippen LogP contribution in [0.5, 0.6) is 0 Å². The Bertz CT molecular complexity index is 1800. The number of amides is 3. The summed E-state index contributed by atoms with van der Waals surface area (Å²) in [5.41, 5.74) is 0. The van der Waals surface area contributed by atoms with Gasteiger partial charge in [-0.1, -0.05) is 0 Å². The number of rotatable bonds is 22. The van der Waals surface area contributed by atoms with E-state index in [1.54, 1.807) is 0 Å². The Morgan fingerprint density at radius 2 is 0.907 bits per heavy atom. The quantitative estimate of drug-likeness (QED) is 0.0479. The Hall–Kier alpha value is -2.67. The molecule has 5 aliphatic heterocycles. The number of ether oxygens (including phenoxy) is 10. The molecule has 0 aliphatic carbocycles. The lowest BCUT2D eigenvalue weighted by Gasteiger charge is -2.49. The number of hydrogen-bond acceptors (Lipinski definition) is 30. The van der Waals surface area contributed by atoms with Crippen molar-refractivity contribution in [1.82, 2.24) is 16.0 Å². The SMILES string of the molecule is CC(=O)N[C@H]1[C@H](OC[C@@H](O)[C@H](O)[C@H](O[C@@H]2O[C@H](CO)[C@@H](O[C@@H]3O[C@H](CO)[C@H](O)[C@H](O)[C@H]3O[C@@H]3O[C@@H](C)[C@@H](O)[C@@H](O)[C@@H]3O)[C@H](O)[C@H]2NC(C)=O)[C@H](CO)NC(C)=O)O[C@H](CO)[C@@H](O[C@@H]2O[C@H](CO)[C@H](O)[C@H](O)[C@H]2O)[C@@H]1O. The van der Waals surface area contributed by atoms with Gasteiger partial charge in [-0.3, -0.25) is 14.4 Å². The minimum absolute atomic E-state index is 0.798. The highest BCUT2D eigenvalue weighted by molar-refractivity contribution is 5.74. The van der Waals surface area contributed by atoms with Gasteiger partial charge in [0, 0.05) is 20.8 Å². The van der Waals surface area contributed by atoms with Crippen LogP contribution in [0.25, 0.3) is 0 Å². The molecule has 29 atom stereocenters. The number of carbonyl (C=O) groups is 3. The van der Waals surface area contributed by atoms with E-state index in [0.29, 0.717) is 0 Å². The van der Waals surface area contributed by atoms with Crippen molar-refractivity contribution in [3.8, 4) is 0 Å². The summed E-state index contributed by atoms with van der Waals surface area (Å²) in [5, 5.41) is 189. The van der Waals surface area contributed by atoms with Crippen molar-refractivity contribution in [2.24, 2.45) is 0 Å². The van der Waals surface area contributed by atoms with Gasteiger partial charge in [-0.25, -0.2) is 0 Å². The molecule has 0 aromatic carbocycles. The first-order valence-corrected chi connectivity index (χ1v) is 23.9. The average molecular weight is 1100 g/mol. The number of aliphatic hydroxyl groups is 17. The molecule has 0 radical (unpaired) electrons. The van der Waals surface area contributed by atoms with Crippen molar-refractivity contribution in [1.29, 1.82) is 0 Å². The van der Waals surface area contributed by atoms with E-state index in [1.807, 2.05) is 0 Å². The number of nitrogens with one attached hydrogen (secondary N) is 3. The highest BCUT2D eigenvalue weighted by Gasteiger charge is 2.56. The smallest absolute Gasteiger partial charge is 0.217 e. The maximum atomic E-state index is 12.7. The second-order valence-electron chi connectivity index (χ2n) is 18.8. The van der Waals surface area contributed by atoms with Crippen molar-refractivity contribution in [3.63, 3.8) is 0 Å². The van der Waals surface area contributed by atoms with Crippen molar-refractivity contribution in [2.45, 2.75) is 205 Å². The van der Waals surface area contributed by atoms with Crippen molar-refractivity contribution >= 4 is 17.7 Å². The molecule has 0 aromatic rings. The molecule has 33 nitrogen and oxygen atoms in total. The molecule has 75 heavy (non-hydrogen) atoms. The minimum atomic E-state index is -2.30. The van der Waals surface area contributed by atoms with Crippen molar-refractivity contribution < 1.29 is 149 Å². The van der Waals surface area contributed by atoms with Crippen molar-refractivity contribution in [2.75, 3.05) is 39.6 Å². The first-order chi connectivity index (χ1) is 35.3. The van der Waals surface area contributed by atoms with E-state index in [-0.39, 0.29) is 0 Å². The molecule has 5 rings (SSSR count). The molecule has 0 unspecified atom stereocenters. The van der Waals surface area contributed by atoms with Crippen LogP contribution in [0.3, 0.4) is 0 Å². The molecular weight excluding hydrogens is 1030 g/mol. The molecule has 5 saturated heterocycles. The second kappa shape index (κ2) is 28.0. The van der Waals surface area contributed by atoms with E-state index >= 15 is 0 Å². The van der Waals surface area contributed by atoms with E-state index in [4.69, 9.17) is 47.4 Å². The molecule has 436 valence electrons. The van der Waals surface area contributed by atoms with Crippen LogP contribution in [0.1, 0.15) is 27.7 Å². The highest BCUT2D eigenvalue weighted by Crippen LogP contribution is 2.35. The van der Waals surface area contributed by atoms with E-state index in [1.165, 1.54) is 6.92 Å². The lowest BCUT2D eigenvalue weighted by molar-refractivity contribution is -0.384. The van der Waals surface area contributed by atoms with Gasteiger partial charge < -0.3 is 150 Å². The van der Waals surface area contributed by atoms with Gasteiger partial charge in [0.25, 0.3) is 0 Å². The average Bonchev–Trinajstić information content (AvgIpc) is 3.37. The van der Waals surface area contributed by atoms with E-state index in [0.717, 1.165) is 20.8 Å². The molecule has 5 aliphatic rings. The van der Waals surface area contributed by atoms with Crippen molar-refractivity contribution in [3.05, 3.63) is 0 Å². The molecule has 0 aromatic heterocycles. The Balaban J connectivity index is 1.37. The topological polar surface area (TPSA) is 524 Å². The maximum Gasteiger partial charge on any atom is 0.217 e. The van der Waals surface area contributed by atoms with Gasteiger partial charge in [0.2, 0.25) is 17.7 Å². The summed E-state index contributed by atoms with van der Waals surface area (Å²) >= 11 is 0. The maximum absolute atomic E-state index is 12.7. The summed E-state index contributed by atoms with van der Waals surface area (Å²) in [6, 6.07) is -5.15. The Morgan fingerprint density at radius 3 is 1.40 bits per heavy atom. The number of hydrogen-bond donors (Lipinski definition) is 20. The second-order valence-corrected chi connectivity index (χ2v) is 18.8. The fraction of sp³-hybridized carbons (Fsp3) is 0.929. The Morgan fingerprint density at radius 1 is 0.480 bits per heavy atom. The summed E-state index contributed by atoms with van der Waals surface area (Å²) in [6.45, 7) is -1.55. The summed E-state index contributed by atoms with van der Waals surface area (Å²) in [7, 11) is 0. The van der Waals surface area contributed by atoms with Gasteiger partial charge in [0.1, 0.15) is 134 Å². The zero-order valence-electron chi connectivity index (χ0n) is 40.9. The van der Waals surface area contributed by atoms with Crippen LogP contribution in [0.2, 0.25) is 0 Å². The molecule has 0 spiro atoms. The third kappa shape index (κ3) is 14.8. The Labute approximate surface area is 426 Å². The summed E-state index contributed by atoms with van der Waals surface area (Å²) in [4.78, 5) is 37.4. The standard InChI is InChI=1S/C42H73N3O30/c1-11-23(55)29(61)32(64)40(67-11)75-37-31(63)26(58)18(7-48)69-42(37)74-36-20(9-50)71-39(22(28(36)60)45-14(4)53)72-34(15(5-46)43-12(2)51)24(56)16(54)10-66-38-21(44-13(3)52)27(59)35(19(8-49)70-38)73-41-33(65)30(62)25(57)17(6-47)68-41/h11,15-42,46-50,54-65H,5-10H2,1-4H3,(H,43,51)(H,44,52)(H,45,53)/t11-,15-,16+,17+,18+,19+,20+,21+,22+,23+,24-,25-,26-,27+,28+,29+,30-,31-,32-,33+,34+,35+,36+,37+,38+,39-,40-,41-,42-/m0/s1. The third-order valence-electron chi connectivity index (χ3n) is 13.2. The molecule has 5 fully saturated rings. The fourth-order valence-corrected chi connectivity index (χ4v) is 9.16. The number of aliphatic hydroxyl groups excluding tert-OH is 17. The predicted molar refractivity (Wildman–Crippen MR) is 235 cm³/mol. The molecule has 0 bridgehead atoms. The van der Waals surface area contributed by atoms with E-state index in [2.05, 4.69) is 16.0 Å². The van der Waals surface area contributed by atoms with Gasteiger partial charge in [-0.15, -0.1) is 0 Å². The van der Waals surface area contributed by atoms with Gasteiger partial charge in [0.05, 0.1) is 51.8 Å². The minimum Gasteiger partial charge on any atom is -0.394 e. The molecule has 3 amide bonds. The largest absolute Gasteiger partial charge is 0.394 e. The summed E-state index contributed by atoms with van der Waals surface area (Å²) < 4.78 is 57.3. The first kappa shape index (κ1) is 63.2. The normalized spacial score (nSPS) is 44.2. The molecular formula is C42H73N3O30. The lowest BCUT2D eigenvalue weighted by atomic mass is 9.94. The molecule has 20 N–H and O–H groups in total. The van der Waals surface area contributed by atoms with E-state index < -0.39 is 235 Å². The monoisotopic (exact) mass is 1100 g/mol. The molecule has 5 heterocycles. The van der Waals surface area contributed by atoms with Gasteiger partial charge in [-0.05, 0) is 6.92 Å².